The van der Waals surface area contributed by atoms with Crippen LogP contribution in [-0.4, -0.2) is 5.16 Å². The van der Waals surface area contributed by atoms with Crippen molar-refractivity contribution < 1.29 is 4.52 Å². The van der Waals surface area contributed by atoms with E-state index in [2.05, 4.69) is 37.0 Å². The minimum atomic E-state index is 0.371. The summed E-state index contributed by atoms with van der Waals surface area (Å²) in [5.74, 6) is 1.04. The first-order valence-electron chi connectivity index (χ1n) is 3.34. The maximum absolute atomic E-state index is 5.53. The zero-order chi connectivity index (χ0) is 9.42. The lowest BCUT2D eigenvalue weighted by molar-refractivity contribution is 0.436. The minimum absolute atomic E-state index is 0.371. The molecular weight excluding hydrogens is 320 g/mol. The van der Waals surface area contributed by atoms with Crippen molar-refractivity contribution >= 4 is 49.0 Å². The standard InChI is InChI=1S/C7H4Br2N2OS/c8-3-1-2-13-6(3)5-4(9)7(10)11-12-5/h1-2H,(H2,10,11). The van der Waals surface area contributed by atoms with E-state index in [1.165, 1.54) is 0 Å². The Bertz CT molecular complexity index is 437. The lowest BCUT2D eigenvalue weighted by Crippen LogP contribution is -1.82. The number of nitrogens with zero attached hydrogens (tertiary/aromatic N) is 1. The normalized spacial score (nSPS) is 10.6. The molecule has 0 aliphatic carbocycles. The van der Waals surface area contributed by atoms with E-state index >= 15 is 0 Å². The highest BCUT2D eigenvalue weighted by atomic mass is 79.9. The highest BCUT2D eigenvalue weighted by molar-refractivity contribution is 9.11. The first kappa shape index (κ1) is 9.23. The fraction of sp³-hybridized carbons (Fsp3) is 0. The van der Waals surface area contributed by atoms with E-state index in [4.69, 9.17) is 10.3 Å². The quantitative estimate of drug-likeness (QED) is 0.873. The minimum Gasteiger partial charge on any atom is -0.380 e. The molecule has 2 aromatic rings. The number of rotatable bonds is 1. The summed E-state index contributed by atoms with van der Waals surface area (Å²) in [5, 5.41) is 5.62. The van der Waals surface area contributed by atoms with Crippen molar-refractivity contribution in [3.05, 3.63) is 20.4 Å². The zero-order valence-electron chi connectivity index (χ0n) is 6.25. The van der Waals surface area contributed by atoms with Crippen LogP contribution in [0.25, 0.3) is 10.6 Å². The van der Waals surface area contributed by atoms with Crippen molar-refractivity contribution in [1.29, 1.82) is 0 Å². The van der Waals surface area contributed by atoms with Crippen LogP contribution >= 0.6 is 43.2 Å². The number of hydrogen-bond acceptors (Lipinski definition) is 4. The molecule has 0 aromatic carbocycles. The lowest BCUT2D eigenvalue weighted by atomic mass is 10.4. The van der Waals surface area contributed by atoms with Gasteiger partial charge in [-0.15, -0.1) is 11.3 Å². The van der Waals surface area contributed by atoms with Crippen LogP contribution in [0.3, 0.4) is 0 Å². The van der Waals surface area contributed by atoms with Gasteiger partial charge in [-0.1, -0.05) is 5.16 Å². The Morgan fingerprint density at radius 2 is 2.23 bits per heavy atom. The van der Waals surface area contributed by atoms with Gasteiger partial charge < -0.3 is 10.3 Å². The Labute approximate surface area is 95.2 Å². The summed E-state index contributed by atoms with van der Waals surface area (Å²) >= 11 is 8.28. The highest BCUT2D eigenvalue weighted by Gasteiger charge is 2.16. The molecule has 6 heteroatoms. The molecule has 2 N–H and O–H groups in total. The summed E-state index contributed by atoms with van der Waals surface area (Å²) in [4.78, 5) is 0.982. The molecule has 3 nitrogen and oxygen atoms in total. The number of nitrogens with two attached hydrogens (primary N) is 1. The molecule has 0 aliphatic rings. The van der Waals surface area contributed by atoms with Gasteiger partial charge in [-0.3, -0.25) is 0 Å². The monoisotopic (exact) mass is 322 g/mol. The second kappa shape index (κ2) is 3.43. The Morgan fingerprint density at radius 1 is 1.46 bits per heavy atom. The van der Waals surface area contributed by atoms with Gasteiger partial charge in [0, 0.05) is 4.47 Å². The van der Waals surface area contributed by atoms with Gasteiger partial charge in [0.2, 0.25) is 0 Å². The number of anilines is 1. The summed E-state index contributed by atoms with van der Waals surface area (Å²) in [6.45, 7) is 0. The molecule has 68 valence electrons. The van der Waals surface area contributed by atoms with Crippen molar-refractivity contribution in [2.45, 2.75) is 0 Å². The van der Waals surface area contributed by atoms with Crippen LogP contribution in [0.1, 0.15) is 0 Å². The van der Waals surface area contributed by atoms with E-state index in [1.807, 2.05) is 11.4 Å². The van der Waals surface area contributed by atoms with Gasteiger partial charge in [0.05, 0.1) is 4.88 Å². The third-order valence-electron chi connectivity index (χ3n) is 1.48. The highest BCUT2D eigenvalue weighted by Crippen LogP contribution is 2.39. The predicted octanol–water partition coefficient (Wildman–Crippen LogP) is 3.51. The van der Waals surface area contributed by atoms with Crippen LogP contribution in [-0.2, 0) is 0 Å². The van der Waals surface area contributed by atoms with E-state index in [-0.39, 0.29) is 0 Å². The predicted molar refractivity (Wildman–Crippen MR) is 59.6 cm³/mol. The fourth-order valence-corrected chi connectivity index (χ4v) is 2.90. The van der Waals surface area contributed by atoms with E-state index < -0.39 is 0 Å². The average molecular weight is 324 g/mol. The molecule has 0 amide bonds. The Morgan fingerprint density at radius 3 is 2.69 bits per heavy atom. The molecule has 0 radical (unpaired) electrons. The molecule has 0 spiro atoms. The molecule has 0 bridgehead atoms. The first-order valence-corrected chi connectivity index (χ1v) is 5.80. The fourth-order valence-electron chi connectivity index (χ4n) is 0.888. The first-order chi connectivity index (χ1) is 6.20. The van der Waals surface area contributed by atoms with Crippen molar-refractivity contribution in [3.63, 3.8) is 0 Å². The zero-order valence-corrected chi connectivity index (χ0v) is 10.2. The molecule has 2 rings (SSSR count). The molecule has 2 aromatic heterocycles. The summed E-state index contributed by atoms with van der Waals surface area (Å²) in [6, 6.07) is 1.95. The van der Waals surface area contributed by atoms with Crippen molar-refractivity contribution in [3.8, 4) is 10.6 Å². The van der Waals surface area contributed by atoms with Crippen molar-refractivity contribution in [2.75, 3.05) is 5.73 Å². The van der Waals surface area contributed by atoms with E-state index in [0.717, 1.165) is 9.35 Å². The van der Waals surface area contributed by atoms with Gasteiger partial charge in [-0.05, 0) is 43.3 Å². The summed E-state index contributed by atoms with van der Waals surface area (Å²) in [7, 11) is 0. The lowest BCUT2D eigenvalue weighted by Gasteiger charge is -1.91. The Balaban J connectivity index is 2.59. The SMILES string of the molecule is Nc1noc(-c2sccc2Br)c1Br. The number of aromatic nitrogens is 1. The van der Waals surface area contributed by atoms with Gasteiger partial charge in [-0.2, -0.15) is 0 Å². The van der Waals surface area contributed by atoms with E-state index in [9.17, 15) is 0 Å². The summed E-state index contributed by atoms with van der Waals surface area (Å²) < 4.78 is 6.76. The topological polar surface area (TPSA) is 52.0 Å². The van der Waals surface area contributed by atoms with Gasteiger partial charge in [0.25, 0.3) is 0 Å². The van der Waals surface area contributed by atoms with E-state index in [0.29, 0.717) is 16.1 Å². The van der Waals surface area contributed by atoms with Crippen LogP contribution in [0.2, 0.25) is 0 Å². The van der Waals surface area contributed by atoms with Crippen LogP contribution < -0.4 is 5.73 Å². The largest absolute Gasteiger partial charge is 0.380 e. The van der Waals surface area contributed by atoms with Gasteiger partial charge in [0.1, 0.15) is 4.47 Å². The van der Waals surface area contributed by atoms with Gasteiger partial charge in [-0.25, -0.2) is 0 Å². The maximum atomic E-state index is 5.53. The van der Waals surface area contributed by atoms with Crippen LogP contribution in [0, 0.1) is 0 Å². The average Bonchev–Trinajstić information content (AvgIpc) is 2.62. The number of thiophene rings is 1. The molecule has 2 heterocycles. The van der Waals surface area contributed by atoms with Gasteiger partial charge >= 0.3 is 0 Å². The molecule has 13 heavy (non-hydrogen) atoms. The molecule has 0 fully saturated rings. The molecule has 0 saturated carbocycles. The molecular formula is C7H4Br2N2OS. The van der Waals surface area contributed by atoms with Crippen LogP contribution in [0.5, 0.6) is 0 Å². The number of halogens is 2. The van der Waals surface area contributed by atoms with E-state index in [1.54, 1.807) is 11.3 Å². The molecule has 0 aliphatic heterocycles. The van der Waals surface area contributed by atoms with Crippen molar-refractivity contribution in [2.24, 2.45) is 0 Å². The summed E-state index contributed by atoms with van der Waals surface area (Å²) in [6.07, 6.45) is 0. The Kier molecular flexibility index (Phi) is 2.44. The third-order valence-corrected chi connectivity index (χ3v) is 4.09. The molecule has 0 unspecified atom stereocenters. The third kappa shape index (κ3) is 1.53. The Hall–Kier alpha value is -0.330. The van der Waals surface area contributed by atoms with Crippen LogP contribution in [0.15, 0.2) is 24.9 Å². The second-order valence-corrected chi connectivity index (χ2v) is 4.87. The molecule has 0 saturated heterocycles. The second-order valence-electron chi connectivity index (χ2n) is 2.31. The summed E-state index contributed by atoms with van der Waals surface area (Å²) in [5.41, 5.74) is 5.53. The maximum Gasteiger partial charge on any atom is 0.194 e. The smallest absolute Gasteiger partial charge is 0.194 e. The van der Waals surface area contributed by atoms with Gasteiger partial charge in [0.15, 0.2) is 11.6 Å². The van der Waals surface area contributed by atoms with Crippen LogP contribution in [0.4, 0.5) is 5.82 Å². The number of nitrogen functional groups attached to an aromatic ring is 1. The van der Waals surface area contributed by atoms with Crippen molar-refractivity contribution in [1.82, 2.24) is 5.16 Å². The number of hydrogen-bond donors (Lipinski definition) is 1. The molecule has 0 atom stereocenters.